The number of carbonyl (C=O) groups is 1. The number of ether oxygens (including phenoxy) is 1. The fraction of sp³-hybridized carbons (Fsp3) is 0.375. The van der Waals surface area contributed by atoms with E-state index in [1.807, 2.05) is 18.2 Å². The Kier molecular flexibility index (Phi) is 5.49. The van der Waals surface area contributed by atoms with Crippen LogP contribution < -0.4 is 5.73 Å². The van der Waals surface area contributed by atoms with Gasteiger partial charge in [-0.1, -0.05) is 43.8 Å². The quantitative estimate of drug-likeness (QED) is 0.880. The number of rotatable bonds is 6. The van der Waals surface area contributed by atoms with Crippen molar-refractivity contribution in [1.29, 1.82) is 0 Å². The van der Waals surface area contributed by atoms with E-state index in [0.717, 1.165) is 28.0 Å². The van der Waals surface area contributed by atoms with Crippen LogP contribution in [0.5, 0.6) is 0 Å². The number of nitrogens with zero attached hydrogens (tertiary/aromatic N) is 2. The van der Waals surface area contributed by atoms with Crippen LogP contribution in [0.1, 0.15) is 38.2 Å². The van der Waals surface area contributed by atoms with Crippen molar-refractivity contribution >= 4 is 17.9 Å². The second kappa shape index (κ2) is 7.35. The van der Waals surface area contributed by atoms with Crippen LogP contribution >= 0.6 is 11.8 Å². The molecule has 22 heavy (non-hydrogen) atoms. The topological polar surface area (TPSA) is 70.1 Å². The summed E-state index contributed by atoms with van der Waals surface area (Å²) in [7, 11) is 0. The first-order valence-corrected chi connectivity index (χ1v) is 8.09. The number of imidazole rings is 1. The number of carbonyl (C=O) groups excluding carboxylic acids is 1. The van der Waals surface area contributed by atoms with E-state index in [1.54, 1.807) is 11.8 Å². The summed E-state index contributed by atoms with van der Waals surface area (Å²) < 4.78 is 7.01. The summed E-state index contributed by atoms with van der Waals surface area (Å²) in [5.74, 6) is 1.05. The molecule has 0 radical (unpaired) electrons. The van der Waals surface area contributed by atoms with Gasteiger partial charge in [0.1, 0.15) is 10.9 Å². The number of primary amides is 1. The summed E-state index contributed by atoms with van der Waals surface area (Å²) >= 11 is 1.62. The van der Waals surface area contributed by atoms with Crippen molar-refractivity contribution in [2.45, 2.75) is 49.8 Å². The lowest BCUT2D eigenvalue weighted by molar-refractivity contribution is 0.145. The summed E-state index contributed by atoms with van der Waals surface area (Å²) in [6.07, 6.45) is -0.783. The Morgan fingerprint density at radius 2 is 2.05 bits per heavy atom. The third-order valence-corrected chi connectivity index (χ3v) is 4.22. The van der Waals surface area contributed by atoms with Gasteiger partial charge in [0, 0.05) is 11.4 Å². The molecule has 5 nitrogen and oxygen atoms in total. The molecule has 0 unspecified atom stereocenters. The lowest BCUT2D eigenvalue weighted by Gasteiger charge is -2.13. The molecule has 1 heterocycles. The molecule has 2 N–H and O–H groups in total. The first-order chi connectivity index (χ1) is 10.5. The fourth-order valence-corrected chi connectivity index (χ4v) is 3.44. The first kappa shape index (κ1) is 16.4. The maximum atomic E-state index is 10.8. The molecular formula is C16H21N3O2S. The second-order valence-corrected chi connectivity index (χ2v) is 6.20. The molecule has 0 atom stereocenters. The van der Waals surface area contributed by atoms with Gasteiger partial charge in [0.2, 0.25) is 0 Å². The number of amides is 1. The average molecular weight is 319 g/mol. The molecule has 2 aromatic rings. The van der Waals surface area contributed by atoms with Crippen LogP contribution in [0.2, 0.25) is 0 Å². The zero-order chi connectivity index (χ0) is 16.1. The number of aromatic nitrogens is 2. The number of benzene rings is 1. The van der Waals surface area contributed by atoms with Crippen molar-refractivity contribution in [2.24, 2.45) is 5.73 Å². The largest absolute Gasteiger partial charge is 0.442 e. The van der Waals surface area contributed by atoms with Gasteiger partial charge in [0.25, 0.3) is 0 Å². The minimum atomic E-state index is -0.783. The minimum absolute atomic E-state index is 0.0955. The third kappa shape index (κ3) is 3.82. The Bertz CT molecular complexity index is 638. The second-order valence-electron chi connectivity index (χ2n) is 5.14. The SMILES string of the molecule is CCn1c(COC(N)=O)nc(Sc2ccccc2)c1C(C)C. The molecule has 0 saturated carbocycles. The van der Waals surface area contributed by atoms with Crippen LogP contribution in [-0.4, -0.2) is 15.6 Å². The van der Waals surface area contributed by atoms with E-state index in [-0.39, 0.29) is 6.61 Å². The van der Waals surface area contributed by atoms with Crippen molar-refractivity contribution in [2.75, 3.05) is 0 Å². The van der Waals surface area contributed by atoms with Crippen molar-refractivity contribution in [3.8, 4) is 0 Å². The molecule has 1 aromatic heterocycles. The number of hydrogen-bond donors (Lipinski definition) is 1. The normalized spacial score (nSPS) is 10.9. The van der Waals surface area contributed by atoms with E-state index in [1.165, 1.54) is 0 Å². The number of nitrogens with two attached hydrogens (primary N) is 1. The highest BCUT2D eigenvalue weighted by atomic mass is 32.2. The summed E-state index contributed by atoms with van der Waals surface area (Å²) in [6.45, 7) is 7.19. The molecule has 0 aliphatic rings. The predicted molar refractivity (Wildman–Crippen MR) is 86.9 cm³/mol. The van der Waals surface area contributed by atoms with Crippen LogP contribution in [-0.2, 0) is 17.9 Å². The molecule has 1 aromatic carbocycles. The Hall–Kier alpha value is -1.95. The lowest BCUT2D eigenvalue weighted by atomic mass is 10.1. The van der Waals surface area contributed by atoms with Crippen molar-refractivity contribution in [3.63, 3.8) is 0 Å². The highest BCUT2D eigenvalue weighted by Crippen LogP contribution is 2.34. The smallest absolute Gasteiger partial charge is 0.404 e. The van der Waals surface area contributed by atoms with Crippen LogP contribution in [0.25, 0.3) is 0 Å². The molecule has 0 bridgehead atoms. The maximum Gasteiger partial charge on any atom is 0.404 e. The fourth-order valence-electron chi connectivity index (χ4n) is 2.32. The molecule has 0 saturated heterocycles. The average Bonchev–Trinajstić information content (AvgIpc) is 2.83. The van der Waals surface area contributed by atoms with Gasteiger partial charge in [-0.3, -0.25) is 0 Å². The van der Waals surface area contributed by atoms with E-state index in [4.69, 9.17) is 10.5 Å². The first-order valence-electron chi connectivity index (χ1n) is 7.27. The predicted octanol–water partition coefficient (Wildman–Crippen LogP) is 3.77. The molecule has 6 heteroatoms. The van der Waals surface area contributed by atoms with E-state index >= 15 is 0 Å². The Balaban J connectivity index is 2.37. The third-order valence-electron chi connectivity index (χ3n) is 3.22. The number of hydrogen-bond acceptors (Lipinski definition) is 4. The monoisotopic (exact) mass is 319 g/mol. The van der Waals surface area contributed by atoms with Crippen LogP contribution in [0, 0.1) is 0 Å². The van der Waals surface area contributed by atoms with Crippen molar-refractivity contribution in [1.82, 2.24) is 9.55 Å². The van der Waals surface area contributed by atoms with Crippen molar-refractivity contribution < 1.29 is 9.53 Å². The summed E-state index contributed by atoms with van der Waals surface area (Å²) in [5.41, 5.74) is 6.21. The standard InChI is InChI=1S/C16H21N3O2S/c1-4-19-13(10-21-16(17)20)18-15(14(19)11(2)3)22-12-8-6-5-7-9-12/h5-9,11H,4,10H2,1-3H3,(H2,17,20). The highest BCUT2D eigenvalue weighted by molar-refractivity contribution is 7.99. The van der Waals surface area contributed by atoms with Gasteiger partial charge in [-0.25, -0.2) is 9.78 Å². The van der Waals surface area contributed by atoms with Gasteiger partial charge < -0.3 is 15.0 Å². The van der Waals surface area contributed by atoms with E-state index < -0.39 is 6.09 Å². The molecule has 0 fully saturated rings. The van der Waals surface area contributed by atoms with E-state index in [2.05, 4.69) is 42.5 Å². The van der Waals surface area contributed by atoms with Crippen molar-refractivity contribution in [3.05, 3.63) is 41.9 Å². The van der Waals surface area contributed by atoms with E-state index in [0.29, 0.717) is 5.92 Å². The summed E-state index contributed by atoms with van der Waals surface area (Å²) in [4.78, 5) is 16.6. The molecule has 0 spiro atoms. The Labute approximate surface area is 134 Å². The van der Waals surface area contributed by atoms with Gasteiger partial charge in [-0.2, -0.15) is 0 Å². The molecule has 1 amide bonds. The zero-order valence-electron chi connectivity index (χ0n) is 13.1. The summed E-state index contributed by atoms with van der Waals surface area (Å²) in [6, 6.07) is 10.1. The minimum Gasteiger partial charge on any atom is -0.442 e. The van der Waals surface area contributed by atoms with Crippen LogP contribution in [0.15, 0.2) is 40.3 Å². The molecule has 2 rings (SSSR count). The zero-order valence-corrected chi connectivity index (χ0v) is 13.9. The van der Waals surface area contributed by atoms with Gasteiger partial charge >= 0.3 is 6.09 Å². The molecule has 118 valence electrons. The van der Waals surface area contributed by atoms with Gasteiger partial charge in [-0.05, 0) is 25.0 Å². The van der Waals surface area contributed by atoms with E-state index in [9.17, 15) is 4.79 Å². The Morgan fingerprint density at radius 1 is 1.36 bits per heavy atom. The van der Waals surface area contributed by atoms with Gasteiger partial charge in [-0.15, -0.1) is 0 Å². The summed E-state index contributed by atoms with van der Waals surface area (Å²) in [5, 5.41) is 0.950. The van der Waals surface area contributed by atoms with Crippen LogP contribution in [0.3, 0.4) is 0 Å². The van der Waals surface area contributed by atoms with Crippen LogP contribution in [0.4, 0.5) is 4.79 Å². The molecule has 0 aliphatic heterocycles. The highest BCUT2D eigenvalue weighted by Gasteiger charge is 2.20. The van der Waals surface area contributed by atoms with Gasteiger partial charge in [0.05, 0.1) is 5.69 Å². The lowest BCUT2D eigenvalue weighted by Crippen LogP contribution is -2.15. The Morgan fingerprint density at radius 3 is 2.59 bits per heavy atom. The molecule has 0 aliphatic carbocycles. The maximum absolute atomic E-state index is 10.8. The molecular weight excluding hydrogens is 298 g/mol. The van der Waals surface area contributed by atoms with Gasteiger partial charge in [0.15, 0.2) is 6.61 Å².